The van der Waals surface area contributed by atoms with Gasteiger partial charge in [-0.25, -0.2) is 19.6 Å². The van der Waals surface area contributed by atoms with Crippen molar-refractivity contribution in [1.29, 1.82) is 0 Å². The summed E-state index contributed by atoms with van der Waals surface area (Å²) in [6, 6.07) is 10.3. The Hall–Kier alpha value is -5.92. The van der Waals surface area contributed by atoms with Gasteiger partial charge in [0.05, 0.1) is 87.6 Å². The fourth-order valence-corrected chi connectivity index (χ4v) is 6.47. The highest BCUT2D eigenvalue weighted by Crippen LogP contribution is 2.28. The summed E-state index contributed by atoms with van der Waals surface area (Å²) in [6.07, 6.45) is 5.75. The largest absolute Gasteiger partial charge is 0.490 e. The van der Waals surface area contributed by atoms with Crippen molar-refractivity contribution >= 4 is 35.7 Å². The maximum Gasteiger partial charge on any atom is 0.415 e. The third-order valence-electron chi connectivity index (χ3n) is 9.96. The lowest BCUT2D eigenvalue weighted by atomic mass is 10.0. The smallest absolute Gasteiger partial charge is 0.415 e. The molecule has 0 saturated carbocycles. The number of rotatable bonds is 24. The molecule has 2 saturated heterocycles. The number of hydrogen-bond donors (Lipinski definition) is 2. The second kappa shape index (κ2) is 22.1. The van der Waals surface area contributed by atoms with Crippen molar-refractivity contribution in [3.63, 3.8) is 0 Å². The molecular weight excluding hydrogens is 789 g/mol. The van der Waals surface area contributed by atoms with E-state index in [4.69, 9.17) is 33.2 Å². The zero-order valence-corrected chi connectivity index (χ0v) is 35.6. The van der Waals surface area contributed by atoms with Crippen molar-refractivity contribution in [3.05, 3.63) is 72.6 Å². The van der Waals surface area contributed by atoms with Crippen LogP contribution in [-0.2, 0) is 23.7 Å². The van der Waals surface area contributed by atoms with Crippen LogP contribution in [0.25, 0.3) is 0 Å². The van der Waals surface area contributed by atoms with Crippen molar-refractivity contribution < 1.29 is 42.7 Å². The van der Waals surface area contributed by atoms with Crippen LogP contribution in [0.15, 0.2) is 61.2 Å². The summed E-state index contributed by atoms with van der Waals surface area (Å²) >= 11 is 0. The molecule has 6 heterocycles. The molecule has 2 aliphatic rings. The van der Waals surface area contributed by atoms with Crippen LogP contribution in [-0.4, -0.2) is 120 Å². The number of ether oxygens (including phenoxy) is 7. The predicted molar refractivity (Wildman–Crippen MR) is 225 cm³/mol. The van der Waals surface area contributed by atoms with Gasteiger partial charge in [0.1, 0.15) is 49.6 Å². The lowest BCUT2D eigenvalue weighted by Gasteiger charge is -2.23. The van der Waals surface area contributed by atoms with Crippen molar-refractivity contribution in [2.45, 2.75) is 65.7 Å². The molecule has 4 atom stereocenters. The van der Waals surface area contributed by atoms with Gasteiger partial charge in [-0.2, -0.15) is 9.97 Å². The second-order valence-corrected chi connectivity index (χ2v) is 15.1. The van der Waals surface area contributed by atoms with E-state index in [1.54, 1.807) is 46.7 Å². The highest BCUT2D eigenvalue weighted by atomic mass is 16.6. The molecule has 0 aromatic carbocycles. The first-order valence-electron chi connectivity index (χ1n) is 20.6. The molecule has 4 aromatic heterocycles. The Morgan fingerprint density at radius 2 is 0.967 bits per heavy atom. The molecule has 61 heavy (non-hydrogen) atoms. The number of carbonyl (C=O) groups is 2. The van der Waals surface area contributed by atoms with Gasteiger partial charge in [0.25, 0.3) is 0 Å². The minimum absolute atomic E-state index is 0.0831. The van der Waals surface area contributed by atoms with Gasteiger partial charge < -0.3 is 43.8 Å². The highest BCUT2D eigenvalue weighted by molar-refractivity contribution is 5.90. The predicted octanol–water partition coefficient (Wildman–Crippen LogP) is 5.87. The van der Waals surface area contributed by atoms with Crippen LogP contribution in [0.2, 0.25) is 0 Å². The van der Waals surface area contributed by atoms with Gasteiger partial charge >= 0.3 is 12.2 Å². The molecule has 19 nitrogen and oxygen atoms in total. The van der Waals surface area contributed by atoms with E-state index in [2.05, 4.69) is 40.5 Å². The number of amides is 2. The Balaban J connectivity index is 0.778. The topological polar surface area (TPSA) is 207 Å². The standard InChI is InChI=1S/C42H56N10O9/c1-27(2)35-25-60-41(53)51(35)37-11-13-43-39(49-37)47-29(5)33-9-7-31(23-45-33)58-21-19-56-17-15-55-16-18-57-20-22-59-32-8-10-34(46-24-32)30(6)48-40-44-14-12-38(50-40)52-36(28(3)4)26-61-42(52)54/h7-14,23-24,27-30,35-36H,15-22,25-26H2,1-6H3,(H,43,47,49)(H,44,48,50)/t29-,30-,35?,36?/m0/s1. The van der Waals surface area contributed by atoms with Gasteiger partial charge in [0, 0.05) is 12.4 Å². The van der Waals surface area contributed by atoms with E-state index in [0.717, 1.165) is 11.4 Å². The van der Waals surface area contributed by atoms with Crippen molar-refractivity contribution in [3.8, 4) is 11.5 Å². The third-order valence-corrected chi connectivity index (χ3v) is 9.96. The van der Waals surface area contributed by atoms with E-state index in [1.807, 2.05) is 65.8 Å². The molecule has 2 unspecified atom stereocenters. The van der Waals surface area contributed by atoms with Crippen molar-refractivity contribution in [2.24, 2.45) is 11.8 Å². The fraction of sp³-hybridized carbons (Fsp3) is 0.524. The third kappa shape index (κ3) is 12.6. The first-order chi connectivity index (χ1) is 29.6. The maximum absolute atomic E-state index is 12.4. The van der Waals surface area contributed by atoms with Crippen LogP contribution in [0.3, 0.4) is 0 Å². The molecule has 19 heteroatoms. The second-order valence-electron chi connectivity index (χ2n) is 15.1. The fourth-order valence-electron chi connectivity index (χ4n) is 6.47. The molecule has 2 N–H and O–H groups in total. The van der Waals surface area contributed by atoms with Crippen LogP contribution in [0.4, 0.5) is 33.1 Å². The van der Waals surface area contributed by atoms with Gasteiger partial charge in [0.2, 0.25) is 11.9 Å². The first kappa shape index (κ1) is 44.6. The number of anilines is 4. The summed E-state index contributed by atoms with van der Waals surface area (Å²) in [5.41, 5.74) is 1.55. The Bertz CT molecular complexity index is 1850. The van der Waals surface area contributed by atoms with Crippen LogP contribution in [0.1, 0.15) is 65.0 Å². The van der Waals surface area contributed by atoms with Gasteiger partial charge in [0.15, 0.2) is 0 Å². The Labute approximate surface area is 355 Å². The molecule has 4 aromatic rings. The van der Waals surface area contributed by atoms with Gasteiger partial charge in [-0.15, -0.1) is 0 Å². The van der Waals surface area contributed by atoms with Crippen molar-refractivity contribution in [1.82, 2.24) is 29.9 Å². The summed E-state index contributed by atoms with van der Waals surface area (Å²) in [7, 11) is 0. The summed E-state index contributed by atoms with van der Waals surface area (Å²) in [5, 5.41) is 6.51. The minimum atomic E-state index is -0.404. The number of nitrogens with zero attached hydrogens (tertiary/aromatic N) is 8. The zero-order chi connectivity index (χ0) is 43.1. The minimum Gasteiger partial charge on any atom is -0.490 e. The molecule has 328 valence electrons. The summed E-state index contributed by atoms with van der Waals surface area (Å²) in [4.78, 5) is 54.7. The summed E-state index contributed by atoms with van der Waals surface area (Å²) < 4.78 is 38.9. The van der Waals surface area contributed by atoms with E-state index >= 15 is 0 Å². The van der Waals surface area contributed by atoms with Crippen LogP contribution >= 0.6 is 0 Å². The van der Waals surface area contributed by atoms with Crippen LogP contribution in [0, 0.1) is 11.8 Å². The van der Waals surface area contributed by atoms with Gasteiger partial charge in [-0.1, -0.05) is 27.7 Å². The van der Waals surface area contributed by atoms with E-state index in [9.17, 15) is 9.59 Å². The lowest BCUT2D eigenvalue weighted by Crippen LogP contribution is -2.37. The maximum atomic E-state index is 12.4. The first-order valence-corrected chi connectivity index (χ1v) is 20.6. The quantitative estimate of drug-likeness (QED) is 0.0791. The van der Waals surface area contributed by atoms with Crippen LogP contribution < -0.4 is 29.9 Å². The number of carbonyl (C=O) groups excluding carboxylic acids is 2. The summed E-state index contributed by atoms with van der Waals surface area (Å²) in [5.74, 6) is 3.44. The molecular formula is C42H56N10O9. The Morgan fingerprint density at radius 1 is 0.574 bits per heavy atom. The number of pyridine rings is 2. The number of aromatic nitrogens is 6. The molecule has 2 amide bonds. The number of cyclic esters (lactones) is 2. The van der Waals surface area contributed by atoms with Gasteiger partial charge in [-0.05, 0) is 62.1 Å². The number of nitrogens with one attached hydrogen (secondary N) is 2. The average Bonchev–Trinajstić information content (AvgIpc) is 3.85. The van der Waals surface area contributed by atoms with E-state index in [-0.39, 0.29) is 36.0 Å². The number of hydrogen-bond acceptors (Lipinski definition) is 17. The molecule has 6 rings (SSSR count). The molecule has 0 aliphatic carbocycles. The molecule has 0 spiro atoms. The van der Waals surface area contributed by atoms with Crippen molar-refractivity contribution in [2.75, 3.05) is 86.5 Å². The highest BCUT2D eigenvalue weighted by Gasteiger charge is 2.38. The van der Waals surface area contributed by atoms with E-state index < -0.39 is 12.2 Å². The lowest BCUT2D eigenvalue weighted by molar-refractivity contribution is 0.00496. The molecule has 0 bridgehead atoms. The summed E-state index contributed by atoms with van der Waals surface area (Å²) in [6.45, 7) is 16.0. The van der Waals surface area contributed by atoms with Gasteiger partial charge in [-0.3, -0.25) is 19.8 Å². The SMILES string of the molecule is CC(C)C1COC(=O)N1c1ccnc(N[C@@H](C)c2ccc(OCCOCCOCCOCCOc3ccc([C@H](C)Nc4nccc(N5C(=O)OCC5C(C)C)n4)nc3)cn2)n1. The molecule has 2 fully saturated rings. The van der Waals surface area contributed by atoms with E-state index in [0.29, 0.717) is 101 Å². The Kier molecular flexibility index (Phi) is 16.2. The zero-order valence-electron chi connectivity index (χ0n) is 35.6. The molecule has 2 aliphatic heterocycles. The monoisotopic (exact) mass is 844 g/mol. The average molecular weight is 845 g/mol. The van der Waals surface area contributed by atoms with Crippen LogP contribution in [0.5, 0.6) is 11.5 Å². The molecule has 0 radical (unpaired) electrons. The van der Waals surface area contributed by atoms with E-state index in [1.165, 1.54) is 0 Å². The Morgan fingerprint density at radius 3 is 1.33 bits per heavy atom. The normalized spacial score (nSPS) is 17.4.